The van der Waals surface area contributed by atoms with Crippen LogP contribution >= 0.6 is 0 Å². The quantitative estimate of drug-likeness (QED) is 0.890. The first-order valence-electron chi connectivity index (χ1n) is 9.28. The molecule has 1 aliphatic rings. The van der Waals surface area contributed by atoms with Crippen molar-refractivity contribution in [2.45, 2.75) is 46.5 Å². The molecule has 25 heavy (non-hydrogen) atoms. The van der Waals surface area contributed by atoms with Crippen molar-refractivity contribution in [1.82, 2.24) is 19.9 Å². The summed E-state index contributed by atoms with van der Waals surface area (Å²) >= 11 is 0. The van der Waals surface area contributed by atoms with Crippen LogP contribution in [0.3, 0.4) is 0 Å². The standard InChI is InChI=1S/C20H29N5/c1-14(2)12-25-10-6-7-17(13-25)18-8-5-9-19(23-18)24-20-21-15(3)11-16(4)22-20/h5,8-9,11,14,17H,6-7,10,12-13H2,1-4H3,(H,21,22,23,24)/t17-/m0/s1. The lowest BCUT2D eigenvalue weighted by Crippen LogP contribution is -2.37. The third kappa shape index (κ3) is 4.98. The number of anilines is 2. The molecule has 2 aromatic heterocycles. The Labute approximate surface area is 150 Å². The molecule has 5 nitrogen and oxygen atoms in total. The van der Waals surface area contributed by atoms with Gasteiger partial charge in [-0.05, 0) is 57.4 Å². The maximum absolute atomic E-state index is 4.85. The highest BCUT2D eigenvalue weighted by Crippen LogP contribution is 2.27. The number of nitrogens with zero attached hydrogens (tertiary/aromatic N) is 4. The molecule has 0 spiro atoms. The van der Waals surface area contributed by atoms with Gasteiger partial charge in [-0.1, -0.05) is 19.9 Å². The molecule has 0 amide bonds. The van der Waals surface area contributed by atoms with Gasteiger partial charge in [-0.2, -0.15) is 0 Å². The molecular weight excluding hydrogens is 310 g/mol. The summed E-state index contributed by atoms with van der Waals surface area (Å²) in [4.78, 5) is 16.3. The van der Waals surface area contributed by atoms with Crippen LogP contribution in [-0.2, 0) is 0 Å². The number of piperidine rings is 1. The smallest absolute Gasteiger partial charge is 0.228 e. The molecule has 2 aromatic rings. The van der Waals surface area contributed by atoms with E-state index in [1.165, 1.54) is 31.6 Å². The summed E-state index contributed by atoms with van der Waals surface area (Å²) in [6.07, 6.45) is 2.46. The average molecular weight is 339 g/mol. The summed E-state index contributed by atoms with van der Waals surface area (Å²) in [5.74, 6) is 2.66. The predicted molar refractivity (Wildman–Crippen MR) is 102 cm³/mol. The Balaban J connectivity index is 1.72. The molecule has 0 aliphatic carbocycles. The monoisotopic (exact) mass is 339 g/mol. The Morgan fingerprint density at radius 2 is 1.92 bits per heavy atom. The molecule has 1 fully saturated rings. The maximum Gasteiger partial charge on any atom is 0.228 e. The molecule has 0 unspecified atom stereocenters. The van der Waals surface area contributed by atoms with Crippen molar-refractivity contribution in [2.75, 3.05) is 25.0 Å². The average Bonchev–Trinajstić information content (AvgIpc) is 2.54. The van der Waals surface area contributed by atoms with E-state index >= 15 is 0 Å². The van der Waals surface area contributed by atoms with Crippen molar-refractivity contribution in [3.63, 3.8) is 0 Å². The van der Waals surface area contributed by atoms with Crippen molar-refractivity contribution < 1.29 is 0 Å². The zero-order valence-electron chi connectivity index (χ0n) is 15.8. The largest absolute Gasteiger partial charge is 0.309 e. The Kier molecular flexibility index (Phi) is 5.63. The third-order valence-electron chi connectivity index (χ3n) is 4.54. The summed E-state index contributed by atoms with van der Waals surface area (Å²) in [5, 5.41) is 3.26. The Bertz CT molecular complexity index is 693. The van der Waals surface area contributed by atoms with Gasteiger partial charge in [-0.3, -0.25) is 0 Å². The second kappa shape index (κ2) is 7.91. The van der Waals surface area contributed by atoms with Gasteiger partial charge in [-0.15, -0.1) is 0 Å². The number of nitrogens with one attached hydrogen (secondary N) is 1. The number of aromatic nitrogens is 3. The zero-order valence-corrected chi connectivity index (χ0v) is 15.8. The van der Waals surface area contributed by atoms with Crippen molar-refractivity contribution >= 4 is 11.8 Å². The molecule has 1 N–H and O–H groups in total. The second-order valence-electron chi connectivity index (χ2n) is 7.54. The van der Waals surface area contributed by atoms with E-state index in [1.807, 2.05) is 26.0 Å². The van der Waals surface area contributed by atoms with Gasteiger partial charge in [0.05, 0.1) is 0 Å². The topological polar surface area (TPSA) is 53.9 Å². The summed E-state index contributed by atoms with van der Waals surface area (Å²) in [6.45, 7) is 12.0. The first-order valence-corrected chi connectivity index (χ1v) is 9.28. The molecule has 0 saturated carbocycles. The van der Waals surface area contributed by atoms with E-state index < -0.39 is 0 Å². The van der Waals surface area contributed by atoms with E-state index in [0.29, 0.717) is 17.8 Å². The molecule has 3 rings (SSSR count). The Morgan fingerprint density at radius 3 is 2.64 bits per heavy atom. The van der Waals surface area contributed by atoms with E-state index in [0.717, 1.165) is 23.8 Å². The highest BCUT2D eigenvalue weighted by molar-refractivity contribution is 5.48. The number of pyridine rings is 1. The van der Waals surface area contributed by atoms with Crippen LogP contribution in [0.5, 0.6) is 0 Å². The first-order chi connectivity index (χ1) is 12.0. The normalized spacial score (nSPS) is 18.5. The van der Waals surface area contributed by atoms with Crippen LogP contribution in [0.2, 0.25) is 0 Å². The molecule has 1 atom stereocenters. The fraction of sp³-hybridized carbons (Fsp3) is 0.550. The number of rotatable bonds is 5. The summed E-state index contributed by atoms with van der Waals surface area (Å²) < 4.78 is 0. The summed E-state index contributed by atoms with van der Waals surface area (Å²) in [6, 6.07) is 8.19. The van der Waals surface area contributed by atoms with E-state index in [2.05, 4.69) is 46.2 Å². The van der Waals surface area contributed by atoms with Crippen LogP contribution in [-0.4, -0.2) is 39.5 Å². The maximum atomic E-state index is 4.85. The van der Waals surface area contributed by atoms with Crippen LogP contribution in [0.25, 0.3) is 0 Å². The molecule has 0 bridgehead atoms. The van der Waals surface area contributed by atoms with Crippen LogP contribution in [0, 0.1) is 19.8 Å². The third-order valence-corrected chi connectivity index (χ3v) is 4.54. The van der Waals surface area contributed by atoms with E-state index in [4.69, 9.17) is 4.98 Å². The van der Waals surface area contributed by atoms with Crippen molar-refractivity contribution in [3.05, 3.63) is 41.3 Å². The first kappa shape index (κ1) is 17.8. The number of hydrogen-bond acceptors (Lipinski definition) is 5. The minimum atomic E-state index is 0.509. The lowest BCUT2D eigenvalue weighted by atomic mass is 9.93. The SMILES string of the molecule is Cc1cc(C)nc(Nc2cccc([C@H]3CCCN(CC(C)C)C3)n2)n1. The van der Waals surface area contributed by atoms with Crippen LogP contribution in [0.1, 0.15) is 49.7 Å². The predicted octanol–water partition coefficient (Wildman–Crippen LogP) is 4.07. The molecule has 1 aliphatic heterocycles. The fourth-order valence-corrected chi connectivity index (χ4v) is 3.62. The van der Waals surface area contributed by atoms with Gasteiger partial charge in [0.1, 0.15) is 5.82 Å². The lowest BCUT2D eigenvalue weighted by Gasteiger charge is -2.33. The van der Waals surface area contributed by atoms with E-state index in [9.17, 15) is 0 Å². The van der Waals surface area contributed by atoms with Crippen molar-refractivity contribution in [1.29, 1.82) is 0 Å². The summed E-state index contributed by atoms with van der Waals surface area (Å²) in [5.41, 5.74) is 3.09. The number of aryl methyl sites for hydroxylation is 2. The van der Waals surface area contributed by atoms with Gasteiger partial charge >= 0.3 is 0 Å². The van der Waals surface area contributed by atoms with E-state index in [-0.39, 0.29) is 0 Å². The van der Waals surface area contributed by atoms with Gasteiger partial charge < -0.3 is 10.2 Å². The highest BCUT2D eigenvalue weighted by Gasteiger charge is 2.22. The van der Waals surface area contributed by atoms with Gasteiger partial charge in [0.25, 0.3) is 0 Å². The van der Waals surface area contributed by atoms with Crippen molar-refractivity contribution in [3.8, 4) is 0 Å². The summed E-state index contributed by atoms with van der Waals surface area (Å²) in [7, 11) is 0. The Hall–Kier alpha value is -2.01. The van der Waals surface area contributed by atoms with Gasteiger partial charge in [0.2, 0.25) is 5.95 Å². The molecule has 134 valence electrons. The molecule has 0 radical (unpaired) electrons. The lowest BCUT2D eigenvalue weighted by molar-refractivity contribution is 0.186. The molecule has 0 aromatic carbocycles. The molecule has 1 saturated heterocycles. The van der Waals surface area contributed by atoms with Crippen LogP contribution in [0.4, 0.5) is 11.8 Å². The van der Waals surface area contributed by atoms with Crippen LogP contribution in [0.15, 0.2) is 24.3 Å². The van der Waals surface area contributed by atoms with Gasteiger partial charge in [-0.25, -0.2) is 15.0 Å². The van der Waals surface area contributed by atoms with Gasteiger partial charge in [0, 0.05) is 36.1 Å². The molecular formula is C20H29N5. The number of likely N-dealkylation sites (tertiary alicyclic amines) is 1. The second-order valence-corrected chi connectivity index (χ2v) is 7.54. The fourth-order valence-electron chi connectivity index (χ4n) is 3.62. The van der Waals surface area contributed by atoms with E-state index in [1.54, 1.807) is 0 Å². The number of hydrogen-bond donors (Lipinski definition) is 1. The van der Waals surface area contributed by atoms with Crippen molar-refractivity contribution in [2.24, 2.45) is 5.92 Å². The minimum Gasteiger partial charge on any atom is -0.309 e. The minimum absolute atomic E-state index is 0.509. The highest BCUT2D eigenvalue weighted by atomic mass is 15.2. The molecule has 5 heteroatoms. The zero-order chi connectivity index (χ0) is 17.8. The van der Waals surface area contributed by atoms with Gasteiger partial charge in [0.15, 0.2) is 0 Å². The Morgan fingerprint density at radius 1 is 1.16 bits per heavy atom. The molecule has 3 heterocycles. The van der Waals surface area contributed by atoms with Crippen LogP contribution < -0.4 is 5.32 Å².